The van der Waals surface area contributed by atoms with Gasteiger partial charge in [-0.3, -0.25) is 0 Å². The molecule has 0 bridgehead atoms. The van der Waals surface area contributed by atoms with Gasteiger partial charge in [-0.05, 0) is 12.1 Å². The number of fused-ring (bicyclic) bond motifs is 1. The normalized spacial score (nSPS) is 24.1. The van der Waals surface area contributed by atoms with Crippen LogP contribution in [0.4, 0.5) is 13.2 Å². The first kappa shape index (κ1) is 12.2. The van der Waals surface area contributed by atoms with E-state index in [1.54, 1.807) is 0 Å². The molecule has 0 spiro atoms. The summed E-state index contributed by atoms with van der Waals surface area (Å²) >= 11 is 0. The maximum absolute atomic E-state index is 12.5. The smallest absolute Gasteiger partial charge is 0.416 e. The first-order valence-electron chi connectivity index (χ1n) is 5.11. The van der Waals surface area contributed by atoms with Crippen LogP contribution in [-0.2, 0) is 11.7 Å². The lowest BCUT2D eigenvalue weighted by Crippen LogP contribution is -2.44. The van der Waals surface area contributed by atoms with Gasteiger partial charge in [-0.15, -0.1) is 0 Å². The Labute approximate surface area is 96.0 Å². The molecule has 0 unspecified atom stereocenters. The molecule has 1 aliphatic rings. The van der Waals surface area contributed by atoms with Crippen molar-refractivity contribution < 1.29 is 23.0 Å². The van der Waals surface area contributed by atoms with Crippen LogP contribution >= 0.6 is 0 Å². The molecule has 0 radical (unpaired) electrons. The van der Waals surface area contributed by atoms with Crippen molar-refractivity contribution in [2.24, 2.45) is 5.73 Å². The van der Waals surface area contributed by atoms with Crippen LogP contribution in [0.1, 0.15) is 17.5 Å². The summed E-state index contributed by atoms with van der Waals surface area (Å²) in [5.41, 5.74) is 4.54. The average molecular weight is 247 g/mol. The molecule has 17 heavy (non-hydrogen) atoms. The molecule has 1 aromatic rings. The van der Waals surface area contributed by atoms with Crippen molar-refractivity contribution in [3.63, 3.8) is 0 Å². The number of alkyl halides is 3. The van der Waals surface area contributed by atoms with E-state index >= 15 is 0 Å². The van der Waals surface area contributed by atoms with Crippen LogP contribution in [0.3, 0.4) is 0 Å². The van der Waals surface area contributed by atoms with Gasteiger partial charge in [0.25, 0.3) is 0 Å². The molecular formula is C11H12F3NO2. The number of aliphatic hydroxyl groups is 1. The first-order chi connectivity index (χ1) is 7.87. The van der Waals surface area contributed by atoms with E-state index in [0.717, 1.165) is 12.1 Å². The highest BCUT2D eigenvalue weighted by Gasteiger charge is 2.37. The van der Waals surface area contributed by atoms with Crippen molar-refractivity contribution >= 4 is 0 Å². The number of rotatable bonds is 1. The van der Waals surface area contributed by atoms with Gasteiger partial charge >= 0.3 is 6.18 Å². The van der Waals surface area contributed by atoms with Crippen LogP contribution in [0.15, 0.2) is 18.2 Å². The van der Waals surface area contributed by atoms with E-state index in [0.29, 0.717) is 12.0 Å². The van der Waals surface area contributed by atoms with Gasteiger partial charge in [-0.1, -0.05) is 6.07 Å². The number of hydrogen-bond donors (Lipinski definition) is 2. The minimum atomic E-state index is -4.41. The van der Waals surface area contributed by atoms with Crippen LogP contribution in [0.25, 0.3) is 0 Å². The van der Waals surface area contributed by atoms with Gasteiger partial charge in [0.05, 0.1) is 24.3 Å². The van der Waals surface area contributed by atoms with E-state index in [1.165, 1.54) is 6.07 Å². The van der Waals surface area contributed by atoms with Crippen molar-refractivity contribution in [2.75, 3.05) is 13.2 Å². The average Bonchev–Trinajstić information content (AvgIpc) is 2.28. The van der Waals surface area contributed by atoms with Crippen molar-refractivity contribution in [3.8, 4) is 5.75 Å². The summed E-state index contributed by atoms with van der Waals surface area (Å²) < 4.78 is 42.7. The van der Waals surface area contributed by atoms with E-state index in [-0.39, 0.29) is 19.0 Å². The molecule has 3 N–H and O–H groups in total. The van der Waals surface area contributed by atoms with Gasteiger partial charge in [0.2, 0.25) is 0 Å². The van der Waals surface area contributed by atoms with E-state index in [2.05, 4.69) is 0 Å². The number of ether oxygens (including phenoxy) is 1. The zero-order valence-electron chi connectivity index (χ0n) is 8.92. The van der Waals surface area contributed by atoms with Gasteiger partial charge in [0.1, 0.15) is 5.75 Å². The molecule has 0 saturated carbocycles. The van der Waals surface area contributed by atoms with Gasteiger partial charge < -0.3 is 15.6 Å². The third kappa shape index (κ3) is 2.10. The lowest BCUT2D eigenvalue weighted by Gasteiger charge is -2.34. The van der Waals surface area contributed by atoms with Gasteiger partial charge in [0.15, 0.2) is 0 Å². The Morgan fingerprint density at radius 1 is 1.41 bits per heavy atom. The number of aliphatic hydroxyl groups excluding tert-OH is 1. The maximum Gasteiger partial charge on any atom is 0.416 e. The highest BCUT2D eigenvalue weighted by atomic mass is 19.4. The number of hydrogen-bond acceptors (Lipinski definition) is 3. The van der Waals surface area contributed by atoms with Crippen molar-refractivity contribution in [1.29, 1.82) is 0 Å². The monoisotopic (exact) mass is 247 g/mol. The van der Waals surface area contributed by atoms with Crippen molar-refractivity contribution in [3.05, 3.63) is 29.3 Å². The molecular weight excluding hydrogens is 235 g/mol. The topological polar surface area (TPSA) is 55.5 Å². The fourth-order valence-corrected chi connectivity index (χ4v) is 1.87. The van der Waals surface area contributed by atoms with Crippen LogP contribution in [0, 0.1) is 0 Å². The molecule has 1 aliphatic heterocycles. The van der Waals surface area contributed by atoms with Crippen molar-refractivity contribution in [2.45, 2.75) is 18.1 Å². The summed E-state index contributed by atoms with van der Waals surface area (Å²) in [4.78, 5) is 0. The standard InChI is InChI=1S/C11H12F3NO2/c12-11(13,14)7-1-2-8-9(5-7)17-4-3-10(8,15)6-16/h1-2,5,16H,3-4,6,15H2/t10-/m1/s1. The Hall–Kier alpha value is -1.27. The van der Waals surface area contributed by atoms with E-state index in [9.17, 15) is 18.3 Å². The summed E-state index contributed by atoms with van der Waals surface area (Å²) in [6, 6.07) is 3.14. The summed E-state index contributed by atoms with van der Waals surface area (Å²) in [5, 5.41) is 9.22. The Morgan fingerprint density at radius 2 is 2.12 bits per heavy atom. The number of halogens is 3. The van der Waals surface area contributed by atoms with Gasteiger partial charge in [-0.25, -0.2) is 0 Å². The van der Waals surface area contributed by atoms with E-state index < -0.39 is 17.3 Å². The van der Waals surface area contributed by atoms with E-state index in [4.69, 9.17) is 10.5 Å². The molecule has 94 valence electrons. The summed E-state index contributed by atoms with van der Waals surface area (Å²) in [6.45, 7) is -0.125. The second-order valence-corrected chi connectivity index (χ2v) is 4.12. The summed E-state index contributed by atoms with van der Waals surface area (Å²) in [7, 11) is 0. The van der Waals surface area contributed by atoms with Gasteiger partial charge in [0, 0.05) is 12.0 Å². The zero-order valence-corrected chi connectivity index (χ0v) is 8.92. The number of nitrogens with two attached hydrogens (primary N) is 1. The fourth-order valence-electron chi connectivity index (χ4n) is 1.87. The minimum absolute atomic E-state index is 0.0997. The molecule has 1 aromatic carbocycles. The lowest BCUT2D eigenvalue weighted by atomic mass is 9.86. The summed E-state index contributed by atoms with van der Waals surface area (Å²) in [5.74, 6) is 0.0997. The zero-order chi connectivity index (χ0) is 12.7. The highest BCUT2D eigenvalue weighted by Crippen LogP contribution is 2.39. The second-order valence-electron chi connectivity index (χ2n) is 4.12. The molecule has 0 aliphatic carbocycles. The third-order valence-electron chi connectivity index (χ3n) is 2.93. The molecule has 0 aromatic heterocycles. The molecule has 0 amide bonds. The Balaban J connectivity index is 2.47. The molecule has 0 fully saturated rings. The highest BCUT2D eigenvalue weighted by molar-refractivity contribution is 5.44. The quantitative estimate of drug-likeness (QED) is 0.793. The Kier molecular flexibility index (Phi) is 2.79. The molecule has 6 heteroatoms. The predicted molar refractivity (Wildman–Crippen MR) is 54.5 cm³/mol. The van der Waals surface area contributed by atoms with Crippen LogP contribution in [0.5, 0.6) is 5.75 Å². The lowest BCUT2D eigenvalue weighted by molar-refractivity contribution is -0.137. The van der Waals surface area contributed by atoms with Gasteiger partial charge in [-0.2, -0.15) is 13.2 Å². The molecule has 2 rings (SSSR count). The van der Waals surface area contributed by atoms with Crippen LogP contribution in [-0.4, -0.2) is 18.3 Å². The predicted octanol–water partition coefficient (Wildman–Crippen LogP) is 1.63. The fraction of sp³-hybridized carbons (Fsp3) is 0.455. The number of benzene rings is 1. The van der Waals surface area contributed by atoms with Crippen molar-refractivity contribution in [1.82, 2.24) is 0 Å². The Bertz CT molecular complexity index is 433. The molecule has 0 saturated heterocycles. The van der Waals surface area contributed by atoms with Crippen LogP contribution in [0.2, 0.25) is 0 Å². The van der Waals surface area contributed by atoms with E-state index in [1.807, 2.05) is 0 Å². The Morgan fingerprint density at radius 3 is 2.71 bits per heavy atom. The minimum Gasteiger partial charge on any atom is -0.493 e. The van der Waals surface area contributed by atoms with Crippen LogP contribution < -0.4 is 10.5 Å². The molecule has 1 atom stereocenters. The molecule has 3 nitrogen and oxygen atoms in total. The maximum atomic E-state index is 12.5. The first-order valence-corrected chi connectivity index (χ1v) is 5.11. The second kappa shape index (κ2) is 3.89. The summed E-state index contributed by atoms with van der Waals surface area (Å²) in [6.07, 6.45) is -4.03. The SMILES string of the molecule is N[C@@]1(CO)CCOc2cc(C(F)(F)F)ccc21. The molecule has 1 heterocycles. The largest absolute Gasteiger partial charge is 0.493 e. The third-order valence-corrected chi connectivity index (χ3v) is 2.93.